The molecule has 0 saturated carbocycles. The molecule has 0 aromatic heterocycles. The van der Waals surface area contributed by atoms with E-state index < -0.39 is 0 Å². The predicted octanol–water partition coefficient (Wildman–Crippen LogP) is 1.36. The van der Waals surface area contributed by atoms with Crippen molar-refractivity contribution in [2.24, 2.45) is 5.41 Å². The van der Waals surface area contributed by atoms with E-state index >= 15 is 0 Å². The molecule has 0 aromatic rings. The van der Waals surface area contributed by atoms with Crippen LogP contribution in [0.4, 0.5) is 0 Å². The van der Waals surface area contributed by atoms with Gasteiger partial charge in [0.05, 0.1) is 12.2 Å². The Labute approximate surface area is 112 Å². The van der Waals surface area contributed by atoms with Gasteiger partial charge in [-0.25, -0.2) is 0 Å². The number of nitrogens with zero attached hydrogens (tertiary/aromatic N) is 1. The lowest BCUT2D eigenvalue weighted by Crippen LogP contribution is -2.41. The lowest BCUT2D eigenvalue weighted by molar-refractivity contribution is -0.00461. The van der Waals surface area contributed by atoms with Crippen LogP contribution < -0.4 is 5.32 Å². The summed E-state index contributed by atoms with van der Waals surface area (Å²) in [6, 6.07) is 0. The van der Waals surface area contributed by atoms with Crippen molar-refractivity contribution in [3.05, 3.63) is 0 Å². The van der Waals surface area contributed by atoms with Gasteiger partial charge in [-0.05, 0) is 18.9 Å². The molecule has 4 heteroatoms. The molecule has 1 fully saturated rings. The van der Waals surface area contributed by atoms with E-state index in [2.05, 4.69) is 24.1 Å². The Morgan fingerprint density at radius 3 is 2.17 bits per heavy atom. The Morgan fingerprint density at radius 1 is 1.22 bits per heavy atom. The summed E-state index contributed by atoms with van der Waals surface area (Å²) < 4.78 is 11.0. The average molecular weight is 258 g/mol. The number of likely N-dealkylation sites (tertiary alicyclic amines) is 1. The Hall–Kier alpha value is -0.160. The normalized spacial score (nSPS) is 28.5. The number of ether oxygens (including phenoxy) is 2. The van der Waals surface area contributed by atoms with E-state index in [9.17, 15) is 0 Å². The fraction of sp³-hybridized carbons (Fsp3) is 1.00. The molecule has 4 nitrogen and oxygen atoms in total. The summed E-state index contributed by atoms with van der Waals surface area (Å²) in [5.41, 5.74) is 0.338. The van der Waals surface area contributed by atoms with Crippen molar-refractivity contribution < 1.29 is 9.47 Å². The first-order valence-corrected chi connectivity index (χ1v) is 7.01. The second-order valence-electron chi connectivity index (χ2n) is 5.83. The van der Waals surface area contributed by atoms with Gasteiger partial charge in [0, 0.05) is 40.4 Å². The van der Waals surface area contributed by atoms with Crippen LogP contribution in [0, 0.1) is 5.41 Å². The van der Waals surface area contributed by atoms with Crippen molar-refractivity contribution in [1.29, 1.82) is 0 Å². The highest BCUT2D eigenvalue weighted by Crippen LogP contribution is 2.27. The van der Waals surface area contributed by atoms with Gasteiger partial charge in [0.15, 0.2) is 0 Å². The van der Waals surface area contributed by atoms with Gasteiger partial charge in [-0.3, -0.25) is 4.90 Å². The van der Waals surface area contributed by atoms with E-state index in [0.29, 0.717) is 5.41 Å². The standard InChI is InChI=1S/C14H30N2O2/c1-6-7-14(2,10-15-3)11-16-8-12(17-4)13(9-16)18-5/h12-13,15H,6-11H2,1-5H3. The van der Waals surface area contributed by atoms with Gasteiger partial charge in [-0.15, -0.1) is 0 Å². The molecule has 0 radical (unpaired) electrons. The Balaban J connectivity index is 2.55. The first kappa shape index (κ1) is 15.9. The van der Waals surface area contributed by atoms with Gasteiger partial charge < -0.3 is 14.8 Å². The minimum Gasteiger partial charge on any atom is -0.377 e. The summed E-state index contributed by atoms with van der Waals surface area (Å²) in [5, 5.41) is 3.33. The molecule has 0 bridgehead atoms. The molecule has 1 heterocycles. The summed E-state index contributed by atoms with van der Waals surface area (Å²) in [6.07, 6.45) is 2.92. The molecule has 0 aromatic carbocycles. The van der Waals surface area contributed by atoms with Crippen LogP contribution in [-0.4, -0.2) is 64.6 Å². The maximum atomic E-state index is 5.50. The van der Waals surface area contributed by atoms with Crippen molar-refractivity contribution in [2.45, 2.75) is 38.9 Å². The fourth-order valence-electron chi connectivity index (χ4n) is 3.19. The second kappa shape index (κ2) is 7.43. The zero-order valence-electron chi connectivity index (χ0n) is 12.7. The zero-order chi connectivity index (χ0) is 13.6. The summed E-state index contributed by atoms with van der Waals surface area (Å²) in [4.78, 5) is 2.48. The van der Waals surface area contributed by atoms with Gasteiger partial charge in [0.1, 0.15) is 0 Å². The average Bonchev–Trinajstić information content (AvgIpc) is 2.71. The maximum Gasteiger partial charge on any atom is 0.0971 e. The van der Waals surface area contributed by atoms with E-state index in [-0.39, 0.29) is 12.2 Å². The molecule has 108 valence electrons. The quantitative estimate of drug-likeness (QED) is 0.713. The molecule has 1 rings (SSSR count). The maximum absolute atomic E-state index is 5.50. The van der Waals surface area contributed by atoms with E-state index in [0.717, 1.165) is 26.2 Å². The Kier molecular flexibility index (Phi) is 6.57. The van der Waals surface area contributed by atoms with Crippen molar-refractivity contribution in [2.75, 3.05) is 47.4 Å². The lowest BCUT2D eigenvalue weighted by atomic mass is 9.85. The van der Waals surface area contributed by atoms with Crippen molar-refractivity contribution >= 4 is 0 Å². The van der Waals surface area contributed by atoms with Crippen LogP contribution in [0.15, 0.2) is 0 Å². The minimum atomic E-state index is 0.218. The van der Waals surface area contributed by atoms with Crippen LogP contribution in [0.5, 0.6) is 0 Å². The van der Waals surface area contributed by atoms with Crippen LogP contribution in [0.3, 0.4) is 0 Å². The van der Waals surface area contributed by atoms with Gasteiger partial charge in [-0.1, -0.05) is 20.3 Å². The van der Waals surface area contributed by atoms with Crippen molar-refractivity contribution in [3.63, 3.8) is 0 Å². The number of rotatable bonds is 8. The smallest absolute Gasteiger partial charge is 0.0971 e. The summed E-state index contributed by atoms with van der Waals surface area (Å²) in [5.74, 6) is 0. The number of methoxy groups -OCH3 is 2. The highest BCUT2D eigenvalue weighted by Gasteiger charge is 2.36. The van der Waals surface area contributed by atoms with E-state index in [1.807, 2.05) is 7.05 Å². The molecule has 0 spiro atoms. The molecule has 3 unspecified atom stereocenters. The third-order valence-corrected chi connectivity index (χ3v) is 3.96. The van der Waals surface area contributed by atoms with Gasteiger partial charge in [0.2, 0.25) is 0 Å². The first-order chi connectivity index (χ1) is 8.58. The van der Waals surface area contributed by atoms with Crippen LogP contribution in [0.25, 0.3) is 0 Å². The van der Waals surface area contributed by atoms with Crippen LogP contribution in [0.1, 0.15) is 26.7 Å². The molecule has 3 atom stereocenters. The largest absolute Gasteiger partial charge is 0.377 e. The summed E-state index contributed by atoms with van der Waals surface area (Å²) in [7, 11) is 5.59. The third-order valence-electron chi connectivity index (χ3n) is 3.96. The van der Waals surface area contributed by atoms with Gasteiger partial charge >= 0.3 is 0 Å². The SMILES string of the molecule is CCCC(C)(CNC)CN1CC(OC)C(OC)C1. The van der Waals surface area contributed by atoms with Crippen LogP contribution in [-0.2, 0) is 9.47 Å². The summed E-state index contributed by atoms with van der Waals surface area (Å²) in [6.45, 7) is 8.77. The molecule has 0 aliphatic carbocycles. The fourth-order valence-corrected chi connectivity index (χ4v) is 3.19. The molecule has 1 saturated heterocycles. The van der Waals surface area contributed by atoms with Gasteiger partial charge in [0.25, 0.3) is 0 Å². The van der Waals surface area contributed by atoms with Crippen molar-refractivity contribution in [1.82, 2.24) is 10.2 Å². The molecule has 1 aliphatic rings. The van der Waals surface area contributed by atoms with E-state index in [1.54, 1.807) is 14.2 Å². The third kappa shape index (κ3) is 4.19. The summed E-state index contributed by atoms with van der Waals surface area (Å²) >= 11 is 0. The van der Waals surface area contributed by atoms with Gasteiger partial charge in [-0.2, -0.15) is 0 Å². The van der Waals surface area contributed by atoms with Crippen LogP contribution >= 0.6 is 0 Å². The second-order valence-corrected chi connectivity index (χ2v) is 5.83. The number of hydrogen-bond acceptors (Lipinski definition) is 4. The minimum absolute atomic E-state index is 0.218. The Bertz CT molecular complexity index is 218. The predicted molar refractivity (Wildman–Crippen MR) is 75.0 cm³/mol. The molecular formula is C14H30N2O2. The molecule has 1 aliphatic heterocycles. The highest BCUT2D eigenvalue weighted by molar-refractivity contribution is 4.90. The number of nitrogens with one attached hydrogen (secondary N) is 1. The topological polar surface area (TPSA) is 33.7 Å². The van der Waals surface area contributed by atoms with Crippen molar-refractivity contribution in [3.8, 4) is 0 Å². The van der Waals surface area contributed by atoms with Crippen LogP contribution in [0.2, 0.25) is 0 Å². The van der Waals surface area contributed by atoms with E-state index in [1.165, 1.54) is 12.8 Å². The van der Waals surface area contributed by atoms with E-state index in [4.69, 9.17) is 9.47 Å². The lowest BCUT2D eigenvalue weighted by Gasteiger charge is -2.33. The molecule has 1 N–H and O–H groups in total. The Morgan fingerprint density at radius 2 is 1.78 bits per heavy atom. The zero-order valence-corrected chi connectivity index (χ0v) is 12.7. The number of hydrogen-bond donors (Lipinski definition) is 1. The highest BCUT2D eigenvalue weighted by atomic mass is 16.5. The first-order valence-electron chi connectivity index (χ1n) is 7.01. The molecular weight excluding hydrogens is 228 g/mol. The molecule has 0 amide bonds. The monoisotopic (exact) mass is 258 g/mol. The molecule has 18 heavy (non-hydrogen) atoms.